The van der Waals surface area contributed by atoms with E-state index in [4.69, 9.17) is 5.73 Å². The fraction of sp³-hybridized carbons (Fsp3) is 0.222. The van der Waals surface area contributed by atoms with Gasteiger partial charge in [-0.05, 0) is 29.8 Å². The van der Waals surface area contributed by atoms with E-state index >= 15 is 0 Å². The molecular formula is C9H9BrN6O2. The first-order valence-corrected chi connectivity index (χ1v) is 5.70. The molecule has 0 spiro atoms. The summed E-state index contributed by atoms with van der Waals surface area (Å²) < 4.78 is 2.14. The molecule has 0 fully saturated rings. The van der Waals surface area contributed by atoms with Crippen LogP contribution in [0, 0.1) is 24.0 Å². The van der Waals surface area contributed by atoms with E-state index < -0.39 is 4.92 Å². The summed E-state index contributed by atoms with van der Waals surface area (Å²) in [4.78, 5) is 17.9. The van der Waals surface area contributed by atoms with Crippen molar-refractivity contribution < 1.29 is 4.92 Å². The number of nitrogens with two attached hydrogens (primary N) is 1. The average molecular weight is 313 g/mol. The molecule has 8 nitrogen and oxygen atoms in total. The van der Waals surface area contributed by atoms with Crippen LogP contribution >= 0.6 is 15.9 Å². The minimum atomic E-state index is -0.570. The lowest BCUT2D eigenvalue weighted by Crippen LogP contribution is -2.09. The van der Waals surface area contributed by atoms with Gasteiger partial charge in [-0.25, -0.2) is 9.67 Å². The number of hydrogen-bond donors (Lipinski definition) is 1. The smallest absolute Gasteiger partial charge is 0.332 e. The molecule has 0 bridgehead atoms. The van der Waals surface area contributed by atoms with Gasteiger partial charge in [-0.1, -0.05) is 0 Å². The Hall–Kier alpha value is -2.03. The maximum Gasteiger partial charge on any atom is 0.332 e. The summed E-state index contributed by atoms with van der Waals surface area (Å²) in [7, 11) is 0. The van der Waals surface area contributed by atoms with E-state index in [2.05, 4.69) is 31.0 Å². The van der Waals surface area contributed by atoms with E-state index in [1.807, 2.05) is 0 Å². The Kier molecular flexibility index (Phi) is 2.99. The molecule has 2 rings (SSSR count). The summed E-state index contributed by atoms with van der Waals surface area (Å²) in [5.74, 6) is 0.0121. The summed E-state index contributed by atoms with van der Waals surface area (Å²) in [5.41, 5.74) is 6.62. The topological polar surface area (TPSA) is 113 Å². The maximum absolute atomic E-state index is 10.9. The number of aryl methyl sites for hydroxylation is 1. The Morgan fingerprint density at radius 3 is 2.67 bits per heavy atom. The molecule has 0 saturated heterocycles. The highest BCUT2D eigenvalue weighted by Gasteiger charge is 2.22. The first kappa shape index (κ1) is 12.4. The number of nitro groups is 1. The van der Waals surface area contributed by atoms with E-state index in [-0.39, 0.29) is 17.5 Å². The zero-order valence-electron chi connectivity index (χ0n) is 9.59. The summed E-state index contributed by atoms with van der Waals surface area (Å²) in [6.07, 6.45) is 1.07. The van der Waals surface area contributed by atoms with E-state index in [0.717, 1.165) is 10.7 Å². The minimum absolute atomic E-state index is 0.0423. The van der Waals surface area contributed by atoms with Crippen LogP contribution in [0.2, 0.25) is 0 Å². The number of nitrogen functional groups attached to an aromatic ring is 1. The normalized spacial score (nSPS) is 10.6. The largest absolute Gasteiger partial charge is 0.368 e. The second-order valence-electron chi connectivity index (χ2n) is 3.59. The minimum Gasteiger partial charge on any atom is -0.368 e. The quantitative estimate of drug-likeness (QED) is 0.664. The van der Waals surface area contributed by atoms with E-state index in [1.165, 1.54) is 4.68 Å². The summed E-state index contributed by atoms with van der Waals surface area (Å²) in [6.45, 7) is 3.55. The molecule has 2 aromatic heterocycles. The van der Waals surface area contributed by atoms with Gasteiger partial charge in [-0.3, -0.25) is 10.1 Å². The van der Waals surface area contributed by atoms with Crippen LogP contribution in [0.4, 0.5) is 11.6 Å². The van der Waals surface area contributed by atoms with Crippen molar-refractivity contribution in [2.75, 3.05) is 5.73 Å². The van der Waals surface area contributed by atoms with Gasteiger partial charge < -0.3 is 5.73 Å². The van der Waals surface area contributed by atoms with Gasteiger partial charge in [0.15, 0.2) is 0 Å². The van der Waals surface area contributed by atoms with Crippen LogP contribution in [0.5, 0.6) is 0 Å². The van der Waals surface area contributed by atoms with Gasteiger partial charge in [-0.15, -0.1) is 0 Å². The Labute approximate surface area is 110 Å². The van der Waals surface area contributed by atoms with Crippen LogP contribution < -0.4 is 5.73 Å². The van der Waals surface area contributed by atoms with Crippen LogP contribution in [0.15, 0.2) is 10.7 Å². The number of halogens is 1. The number of nitrogens with zero attached hydrogens (tertiary/aromatic N) is 5. The fourth-order valence-corrected chi connectivity index (χ4v) is 1.74. The Morgan fingerprint density at radius 2 is 2.17 bits per heavy atom. The third kappa shape index (κ3) is 1.92. The van der Waals surface area contributed by atoms with Crippen molar-refractivity contribution in [1.29, 1.82) is 0 Å². The highest BCUT2D eigenvalue weighted by atomic mass is 79.9. The van der Waals surface area contributed by atoms with Gasteiger partial charge in [0.1, 0.15) is 6.20 Å². The summed E-state index contributed by atoms with van der Waals surface area (Å²) in [5, 5.41) is 15.1. The first-order valence-electron chi connectivity index (χ1n) is 4.90. The van der Waals surface area contributed by atoms with E-state index in [1.54, 1.807) is 13.8 Å². The van der Waals surface area contributed by atoms with Crippen molar-refractivity contribution in [2.24, 2.45) is 0 Å². The highest BCUT2D eigenvalue weighted by molar-refractivity contribution is 9.10. The standard InChI is InChI=1S/C9H9BrN6O2/c1-4-7(10)5(2)15(14-4)8-6(16(17)18)3-12-9(11)13-8/h3H,1-2H3,(H2,11,12,13). The van der Waals surface area contributed by atoms with Gasteiger partial charge in [0.25, 0.3) is 0 Å². The van der Waals surface area contributed by atoms with Crippen molar-refractivity contribution in [3.05, 3.63) is 32.2 Å². The zero-order valence-corrected chi connectivity index (χ0v) is 11.2. The molecule has 9 heteroatoms. The van der Waals surface area contributed by atoms with E-state index in [9.17, 15) is 10.1 Å². The predicted molar refractivity (Wildman–Crippen MR) is 67.4 cm³/mol. The van der Waals surface area contributed by atoms with Crippen molar-refractivity contribution in [3.8, 4) is 5.82 Å². The van der Waals surface area contributed by atoms with Crippen molar-refractivity contribution in [3.63, 3.8) is 0 Å². The Morgan fingerprint density at radius 1 is 1.50 bits per heavy atom. The van der Waals surface area contributed by atoms with Crippen LogP contribution in [-0.4, -0.2) is 24.7 Å². The number of anilines is 1. The average Bonchev–Trinajstić information content (AvgIpc) is 2.56. The monoisotopic (exact) mass is 312 g/mol. The second kappa shape index (κ2) is 4.33. The van der Waals surface area contributed by atoms with Crippen molar-refractivity contribution in [1.82, 2.24) is 19.7 Å². The lowest BCUT2D eigenvalue weighted by atomic mass is 10.4. The lowest BCUT2D eigenvalue weighted by Gasteiger charge is -2.04. The van der Waals surface area contributed by atoms with Gasteiger partial charge >= 0.3 is 5.69 Å². The van der Waals surface area contributed by atoms with Crippen LogP contribution in [0.25, 0.3) is 5.82 Å². The van der Waals surface area contributed by atoms with Crippen molar-refractivity contribution in [2.45, 2.75) is 13.8 Å². The molecule has 2 N–H and O–H groups in total. The first-order chi connectivity index (χ1) is 8.41. The molecule has 18 heavy (non-hydrogen) atoms. The molecule has 0 unspecified atom stereocenters. The molecule has 0 aliphatic heterocycles. The third-order valence-electron chi connectivity index (χ3n) is 2.37. The number of hydrogen-bond acceptors (Lipinski definition) is 6. The molecule has 0 radical (unpaired) electrons. The van der Waals surface area contributed by atoms with Gasteiger partial charge in [0.05, 0.1) is 20.8 Å². The second-order valence-corrected chi connectivity index (χ2v) is 4.38. The molecule has 0 atom stereocenters. The molecule has 0 aliphatic carbocycles. The SMILES string of the molecule is Cc1nn(-c2nc(N)ncc2[N+](=O)[O-])c(C)c1Br. The molecule has 2 heterocycles. The number of aromatic nitrogens is 4. The maximum atomic E-state index is 10.9. The van der Waals surface area contributed by atoms with Crippen LogP contribution in [0.3, 0.4) is 0 Å². The van der Waals surface area contributed by atoms with Crippen LogP contribution in [0.1, 0.15) is 11.4 Å². The lowest BCUT2D eigenvalue weighted by molar-refractivity contribution is -0.385. The zero-order chi connectivity index (χ0) is 13.4. The van der Waals surface area contributed by atoms with Gasteiger partial charge in [0, 0.05) is 0 Å². The molecule has 0 amide bonds. The molecule has 0 aromatic carbocycles. The fourth-order valence-electron chi connectivity index (χ4n) is 1.49. The molecular weight excluding hydrogens is 304 g/mol. The number of rotatable bonds is 2. The van der Waals surface area contributed by atoms with E-state index in [0.29, 0.717) is 11.4 Å². The van der Waals surface area contributed by atoms with Gasteiger partial charge in [-0.2, -0.15) is 10.1 Å². The molecule has 94 valence electrons. The van der Waals surface area contributed by atoms with Crippen LogP contribution in [-0.2, 0) is 0 Å². The van der Waals surface area contributed by atoms with Gasteiger partial charge in [0.2, 0.25) is 11.8 Å². The highest BCUT2D eigenvalue weighted by Crippen LogP contribution is 2.26. The summed E-state index contributed by atoms with van der Waals surface area (Å²) in [6, 6.07) is 0. The molecule has 0 saturated carbocycles. The molecule has 2 aromatic rings. The Bertz CT molecular complexity index is 638. The Balaban J connectivity index is 2.73. The third-order valence-corrected chi connectivity index (χ3v) is 3.52. The molecule has 0 aliphatic rings. The predicted octanol–water partition coefficient (Wildman–Crippen LogP) is 1.53. The summed E-state index contributed by atoms with van der Waals surface area (Å²) >= 11 is 3.35. The van der Waals surface area contributed by atoms with Crippen molar-refractivity contribution >= 4 is 27.6 Å².